The van der Waals surface area contributed by atoms with Crippen LogP contribution in [0.3, 0.4) is 0 Å². The second kappa shape index (κ2) is 8.48. The Bertz CT molecular complexity index is 1250. The van der Waals surface area contributed by atoms with E-state index in [1.165, 1.54) is 34.0 Å². The van der Waals surface area contributed by atoms with Crippen molar-refractivity contribution in [2.24, 2.45) is 0 Å². The van der Waals surface area contributed by atoms with Crippen molar-refractivity contribution in [2.45, 2.75) is 18.2 Å². The normalized spacial score (nSPS) is 13.0. The Morgan fingerprint density at radius 2 is 2.00 bits per heavy atom. The number of ether oxygens (including phenoxy) is 1. The second-order valence-electron chi connectivity index (χ2n) is 6.70. The van der Waals surface area contributed by atoms with Gasteiger partial charge in [0.2, 0.25) is 0 Å². The smallest absolute Gasteiger partial charge is 0.357 e. The summed E-state index contributed by atoms with van der Waals surface area (Å²) in [6, 6.07) is 13.2. The number of carbonyl (C=O) groups excluding carboxylic acids is 2. The molecule has 0 radical (unpaired) electrons. The maximum Gasteiger partial charge on any atom is 0.357 e. The van der Waals surface area contributed by atoms with Crippen LogP contribution in [-0.2, 0) is 21.2 Å². The van der Waals surface area contributed by atoms with Gasteiger partial charge in [0.1, 0.15) is 0 Å². The highest BCUT2D eigenvalue weighted by atomic mass is 32.2. The molecule has 0 fully saturated rings. The van der Waals surface area contributed by atoms with E-state index in [0.717, 1.165) is 16.9 Å². The van der Waals surface area contributed by atoms with Crippen LogP contribution < -0.4 is 9.62 Å². The lowest BCUT2D eigenvalue weighted by molar-refractivity contribution is 0.0520. The van der Waals surface area contributed by atoms with Gasteiger partial charge in [0.25, 0.3) is 15.9 Å². The number of carbonyl (C=O) groups is 2. The molecule has 2 aromatic carbocycles. The first-order chi connectivity index (χ1) is 14.9. The lowest BCUT2D eigenvalue weighted by Gasteiger charge is -2.19. The number of aromatic nitrogens is 1. The van der Waals surface area contributed by atoms with E-state index in [0.29, 0.717) is 18.7 Å². The fourth-order valence-electron chi connectivity index (χ4n) is 3.28. The molecule has 0 aliphatic carbocycles. The molecular formula is C21H19N3O5S2. The predicted octanol–water partition coefficient (Wildman–Crippen LogP) is 3.32. The van der Waals surface area contributed by atoms with E-state index in [1.54, 1.807) is 19.1 Å². The van der Waals surface area contributed by atoms with Crippen LogP contribution in [0.15, 0.2) is 58.8 Å². The number of hydrogen-bond acceptors (Lipinski definition) is 7. The standard InChI is InChI=1S/C21H19N3O5S2/c1-2-29-20(26)17-13-30-21(22-17)23-19(25)15-7-5-8-16(12-15)31(27,28)24-11-10-14-6-3-4-9-18(14)24/h3-9,12-13H,2,10-11H2,1H3,(H,22,23,25). The number of benzene rings is 2. The van der Waals surface area contributed by atoms with Gasteiger partial charge in [0.15, 0.2) is 10.8 Å². The molecule has 4 rings (SSSR count). The van der Waals surface area contributed by atoms with E-state index in [2.05, 4.69) is 10.3 Å². The number of thiazole rings is 1. The molecule has 0 spiro atoms. The van der Waals surface area contributed by atoms with E-state index >= 15 is 0 Å². The van der Waals surface area contributed by atoms with Gasteiger partial charge in [-0.15, -0.1) is 11.3 Å². The summed E-state index contributed by atoms with van der Waals surface area (Å²) >= 11 is 1.08. The minimum atomic E-state index is -3.82. The third-order valence-corrected chi connectivity index (χ3v) is 7.30. The van der Waals surface area contributed by atoms with Crippen LogP contribution >= 0.6 is 11.3 Å². The number of hydrogen-bond donors (Lipinski definition) is 1. The lowest BCUT2D eigenvalue weighted by Crippen LogP contribution is -2.29. The second-order valence-corrected chi connectivity index (χ2v) is 9.42. The van der Waals surface area contributed by atoms with Gasteiger partial charge in [0, 0.05) is 17.5 Å². The zero-order valence-corrected chi connectivity index (χ0v) is 18.2. The number of nitrogens with zero attached hydrogens (tertiary/aromatic N) is 2. The average Bonchev–Trinajstić information content (AvgIpc) is 3.41. The zero-order chi connectivity index (χ0) is 22.0. The molecule has 1 amide bonds. The third-order valence-electron chi connectivity index (χ3n) is 4.74. The maximum atomic E-state index is 13.2. The van der Waals surface area contributed by atoms with E-state index in [9.17, 15) is 18.0 Å². The molecule has 0 atom stereocenters. The van der Waals surface area contributed by atoms with Crippen LogP contribution in [0.1, 0.15) is 33.3 Å². The molecule has 2 heterocycles. The molecule has 160 valence electrons. The Balaban J connectivity index is 1.55. The Kier molecular flexibility index (Phi) is 5.75. The van der Waals surface area contributed by atoms with Gasteiger partial charge in [-0.05, 0) is 43.2 Å². The van der Waals surface area contributed by atoms with Crippen molar-refractivity contribution >= 4 is 44.1 Å². The molecule has 0 unspecified atom stereocenters. The van der Waals surface area contributed by atoms with Crippen molar-refractivity contribution in [3.8, 4) is 0 Å². The largest absolute Gasteiger partial charge is 0.461 e. The number of amides is 1. The van der Waals surface area contributed by atoms with E-state index in [1.807, 2.05) is 12.1 Å². The monoisotopic (exact) mass is 457 g/mol. The molecule has 1 aliphatic rings. The number of rotatable bonds is 6. The summed E-state index contributed by atoms with van der Waals surface area (Å²) in [4.78, 5) is 28.4. The topological polar surface area (TPSA) is 106 Å². The first-order valence-corrected chi connectivity index (χ1v) is 11.9. The minimum absolute atomic E-state index is 0.0307. The Labute approximate surface area is 183 Å². The summed E-state index contributed by atoms with van der Waals surface area (Å²) in [5.74, 6) is -1.10. The Hall–Kier alpha value is -3.24. The molecule has 0 saturated heterocycles. The highest BCUT2D eigenvalue weighted by molar-refractivity contribution is 7.92. The van der Waals surface area contributed by atoms with Gasteiger partial charge < -0.3 is 4.74 Å². The molecule has 3 aromatic rings. The van der Waals surface area contributed by atoms with Crippen LogP contribution in [0.4, 0.5) is 10.8 Å². The van der Waals surface area contributed by atoms with Crippen molar-refractivity contribution in [1.29, 1.82) is 0 Å². The van der Waals surface area contributed by atoms with Crippen molar-refractivity contribution in [3.05, 3.63) is 70.7 Å². The summed E-state index contributed by atoms with van der Waals surface area (Å²) in [5, 5.41) is 4.29. The zero-order valence-electron chi connectivity index (χ0n) is 16.6. The highest BCUT2D eigenvalue weighted by Gasteiger charge is 2.31. The van der Waals surface area contributed by atoms with Crippen molar-refractivity contribution < 1.29 is 22.7 Å². The summed E-state index contributed by atoms with van der Waals surface area (Å²) in [6.07, 6.45) is 0.641. The van der Waals surface area contributed by atoms with Crippen LogP contribution in [0.5, 0.6) is 0 Å². The quantitative estimate of drug-likeness (QED) is 0.569. The molecule has 1 aromatic heterocycles. The SMILES string of the molecule is CCOC(=O)c1csc(NC(=O)c2cccc(S(=O)(=O)N3CCc4ccccc43)c2)n1. The Morgan fingerprint density at radius 3 is 2.81 bits per heavy atom. The number of fused-ring (bicyclic) bond motifs is 1. The molecule has 1 aliphatic heterocycles. The molecular weight excluding hydrogens is 438 g/mol. The van der Waals surface area contributed by atoms with Crippen LogP contribution in [0.25, 0.3) is 0 Å². The molecule has 31 heavy (non-hydrogen) atoms. The first-order valence-electron chi connectivity index (χ1n) is 9.55. The fourth-order valence-corrected chi connectivity index (χ4v) is 5.51. The third kappa shape index (κ3) is 4.17. The molecule has 1 N–H and O–H groups in total. The van der Waals surface area contributed by atoms with Crippen LogP contribution in [-0.4, -0.2) is 38.4 Å². The van der Waals surface area contributed by atoms with Crippen LogP contribution in [0, 0.1) is 0 Å². The van der Waals surface area contributed by atoms with E-state index in [4.69, 9.17) is 4.74 Å². The summed E-state index contributed by atoms with van der Waals surface area (Å²) in [5.41, 5.74) is 1.90. The van der Waals surface area contributed by atoms with Gasteiger partial charge in [-0.25, -0.2) is 18.2 Å². The van der Waals surface area contributed by atoms with Gasteiger partial charge in [0.05, 0.1) is 17.2 Å². The summed E-state index contributed by atoms with van der Waals surface area (Å²) in [6.45, 7) is 2.27. The Morgan fingerprint density at radius 1 is 1.19 bits per heavy atom. The van der Waals surface area contributed by atoms with Gasteiger partial charge >= 0.3 is 5.97 Å². The highest BCUT2D eigenvalue weighted by Crippen LogP contribution is 2.32. The fraction of sp³-hybridized carbons (Fsp3) is 0.190. The van der Waals surface area contributed by atoms with Crippen molar-refractivity contribution in [2.75, 3.05) is 22.8 Å². The van der Waals surface area contributed by atoms with E-state index < -0.39 is 21.9 Å². The van der Waals surface area contributed by atoms with Crippen LogP contribution in [0.2, 0.25) is 0 Å². The number of esters is 1. The molecule has 0 bridgehead atoms. The first kappa shape index (κ1) is 21.0. The summed E-state index contributed by atoms with van der Waals surface area (Å²) < 4.78 is 32.7. The lowest BCUT2D eigenvalue weighted by atomic mass is 10.2. The van der Waals surface area contributed by atoms with E-state index in [-0.39, 0.29) is 27.9 Å². The number of anilines is 2. The van der Waals surface area contributed by atoms with Crippen molar-refractivity contribution in [3.63, 3.8) is 0 Å². The predicted molar refractivity (Wildman–Crippen MR) is 117 cm³/mol. The number of sulfonamides is 1. The number of para-hydroxylation sites is 1. The maximum absolute atomic E-state index is 13.2. The van der Waals surface area contributed by atoms with Gasteiger partial charge in [-0.2, -0.15) is 0 Å². The van der Waals surface area contributed by atoms with Gasteiger partial charge in [-0.3, -0.25) is 14.4 Å². The minimum Gasteiger partial charge on any atom is -0.461 e. The van der Waals surface area contributed by atoms with Gasteiger partial charge in [-0.1, -0.05) is 24.3 Å². The molecule has 8 nitrogen and oxygen atoms in total. The average molecular weight is 458 g/mol. The molecule has 10 heteroatoms. The summed E-state index contributed by atoms with van der Waals surface area (Å²) in [7, 11) is -3.82. The molecule has 0 saturated carbocycles. The number of nitrogens with one attached hydrogen (secondary N) is 1. The van der Waals surface area contributed by atoms with Crippen molar-refractivity contribution in [1.82, 2.24) is 4.98 Å².